The highest BCUT2D eigenvalue weighted by molar-refractivity contribution is 7.88. The van der Waals surface area contributed by atoms with Crippen LogP contribution in [0.15, 0.2) is 6.07 Å². The Morgan fingerprint density at radius 2 is 2.06 bits per heavy atom. The molecule has 17 heavy (non-hydrogen) atoms. The number of nitrogens with zero attached hydrogens (tertiary/aromatic N) is 4. The molecule has 7 nitrogen and oxygen atoms in total. The summed E-state index contributed by atoms with van der Waals surface area (Å²) in [4.78, 5) is 4.21. The van der Waals surface area contributed by atoms with E-state index < -0.39 is 10.0 Å². The molecule has 0 aliphatic heterocycles. The molecule has 0 amide bonds. The van der Waals surface area contributed by atoms with Gasteiger partial charge in [0.05, 0.1) is 12.8 Å². The Labute approximate surface area is 98.9 Å². The van der Waals surface area contributed by atoms with Gasteiger partial charge in [-0.2, -0.15) is 0 Å². The van der Waals surface area contributed by atoms with Crippen LogP contribution in [0.4, 0.5) is 0 Å². The minimum atomic E-state index is -3.24. The maximum Gasteiger partial charge on any atom is 0.255 e. The van der Waals surface area contributed by atoms with Crippen molar-refractivity contribution in [1.82, 2.24) is 24.3 Å². The number of aromatic nitrogens is 4. The molecular weight excluding hydrogens is 242 g/mol. The van der Waals surface area contributed by atoms with E-state index in [1.165, 1.54) is 0 Å². The van der Waals surface area contributed by atoms with Crippen molar-refractivity contribution >= 4 is 15.8 Å². The summed E-state index contributed by atoms with van der Waals surface area (Å²) < 4.78 is 26.1. The second-order valence-corrected chi connectivity index (χ2v) is 5.72. The van der Waals surface area contributed by atoms with Gasteiger partial charge in [-0.05, 0) is 19.9 Å². The van der Waals surface area contributed by atoms with Gasteiger partial charge in [-0.1, -0.05) is 0 Å². The van der Waals surface area contributed by atoms with Crippen LogP contribution < -0.4 is 4.72 Å². The number of rotatable bonds is 3. The normalized spacial score (nSPS) is 12.2. The fourth-order valence-corrected chi connectivity index (χ4v) is 2.00. The third-order valence-electron chi connectivity index (χ3n) is 2.25. The van der Waals surface area contributed by atoms with Gasteiger partial charge in [0.15, 0.2) is 5.82 Å². The molecule has 0 spiro atoms. The van der Waals surface area contributed by atoms with Crippen LogP contribution in [0.2, 0.25) is 0 Å². The van der Waals surface area contributed by atoms with Crippen molar-refractivity contribution in [3.8, 4) is 0 Å². The number of aryl methyl sites for hydroxylation is 2. The van der Waals surface area contributed by atoms with E-state index in [0.29, 0.717) is 11.6 Å². The Morgan fingerprint density at radius 3 is 2.71 bits per heavy atom. The molecule has 0 unspecified atom stereocenters. The quantitative estimate of drug-likeness (QED) is 0.819. The summed E-state index contributed by atoms with van der Waals surface area (Å²) in [6, 6.07) is 1.89. The number of nitrogens with one attached hydrogen (secondary N) is 1. The van der Waals surface area contributed by atoms with Crippen molar-refractivity contribution in [3.05, 3.63) is 23.3 Å². The van der Waals surface area contributed by atoms with Gasteiger partial charge in [0.25, 0.3) is 5.78 Å². The summed E-state index contributed by atoms with van der Waals surface area (Å²) in [5.74, 6) is 1.00. The van der Waals surface area contributed by atoms with E-state index in [1.54, 1.807) is 4.40 Å². The Balaban J connectivity index is 2.43. The summed E-state index contributed by atoms with van der Waals surface area (Å²) in [7, 11) is -3.24. The Hall–Kier alpha value is -1.54. The van der Waals surface area contributed by atoms with Crippen molar-refractivity contribution in [3.63, 3.8) is 0 Å². The molecule has 0 bridgehead atoms. The van der Waals surface area contributed by atoms with Gasteiger partial charge in [-0.3, -0.25) is 4.40 Å². The maximum absolute atomic E-state index is 11.0. The molecule has 0 radical (unpaired) electrons. The molecule has 0 fully saturated rings. The van der Waals surface area contributed by atoms with Gasteiger partial charge in [0, 0.05) is 11.4 Å². The van der Waals surface area contributed by atoms with Crippen LogP contribution in [0.1, 0.15) is 17.2 Å². The monoisotopic (exact) mass is 255 g/mol. The number of hydrogen-bond donors (Lipinski definition) is 1. The van der Waals surface area contributed by atoms with E-state index in [9.17, 15) is 8.42 Å². The van der Waals surface area contributed by atoms with Crippen molar-refractivity contribution in [2.24, 2.45) is 0 Å². The molecule has 8 heteroatoms. The average molecular weight is 255 g/mol. The smallest absolute Gasteiger partial charge is 0.255 e. The summed E-state index contributed by atoms with van der Waals surface area (Å²) >= 11 is 0. The van der Waals surface area contributed by atoms with E-state index in [4.69, 9.17) is 0 Å². The largest absolute Gasteiger partial charge is 0.266 e. The molecule has 0 aromatic carbocycles. The lowest BCUT2D eigenvalue weighted by atomic mass is 10.3. The van der Waals surface area contributed by atoms with Crippen LogP contribution in [0.25, 0.3) is 5.78 Å². The third-order valence-corrected chi connectivity index (χ3v) is 2.92. The average Bonchev–Trinajstić information content (AvgIpc) is 2.56. The Morgan fingerprint density at radius 1 is 1.35 bits per heavy atom. The van der Waals surface area contributed by atoms with Crippen molar-refractivity contribution in [1.29, 1.82) is 0 Å². The van der Waals surface area contributed by atoms with E-state index in [1.807, 2.05) is 19.9 Å². The second-order valence-electron chi connectivity index (χ2n) is 3.88. The molecule has 1 N–H and O–H groups in total. The lowest BCUT2D eigenvalue weighted by molar-refractivity contribution is 0.585. The molecule has 2 rings (SSSR count). The van der Waals surface area contributed by atoms with Crippen molar-refractivity contribution < 1.29 is 8.42 Å². The highest BCUT2D eigenvalue weighted by Gasteiger charge is 2.11. The van der Waals surface area contributed by atoms with Crippen LogP contribution in [-0.4, -0.2) is 34.3 Å². The number of hydrogen-bond acceptors (Lipinski definition) is 5. The zero-order valence-electron chi connectivity index (χ0n) is 9.80. The highest BCUT2D eigenvalue weighted by Crippen LogP contribution is 2.07. The molecule has 92 valence electrons. The van der Waals surface area contributed by atoms with Crippen LogP contribution >= 0.6 is 0 Å². The van der Waals surface area contributed by atoms with Gasteiger partial charge >= 0.3 is 0 Å². The summed E-state index contributed by atoms with van der Waals surface area (Å²) in [6.45, 7) is 3.87. The van der Waals surface area contributed by atoms with Gasteiger partial charge in [0.1, 0.15) is 0 Å². The molecule has 0 aliphatic carbocycles. The number of fused-ring (bicyclic) bond motifs is 1. The van der Waals surface area contributed by atoms with Crippen molar-refractivity contribution in [2.75, 3.05) is 6.26 Å². The van der Waals surface area contributed by atoms with E-state index >= 15 is 0 Å². The Bertz CT molecular complexity index is 661. The highest BCUT2D eigenvalue weighted by atomic mass is 32.2. The molecule has 0 saturated heterocycles. The molecule has 2 aromatic heterocycles. The molecule has 2 heterocycles. The first-order valence-electron chi connectivity index (χ1n) is 5.00. The van der Waals surface area contributed by atoms with Gasteiger partial charge < -0.3 is 0 Å². The van der Waals surface area contributed by atoms with Crippen molar-refractivity contribution in [2.45, 2.75) is 20.4 Å². The standard InChI is InChI=1S/C9H13N5O2S/c1-6-4-7(2)14-8(5-10-17(3,15)16)12-13-9(14)11-6/h4,10H,5H2,1-3H3. The minimum Gasteiger partial charge on any atom is -0.266 e. The second kappa shape index (κ2) is 4.04. The topological polar surface area (TPSA) is 89.2 Å². The first-order valence-corrected chi connectivity index (χ1v) is 6.89. The first kappa shape index (κ1) is 11.9. The fraction of sp³-hybridized carbons (Fsp3) is 0.444. The van der Waals surface area contributed by atoms with Gasteiger partial charge in [-0.25, -0.2) is 18.1 Å². The SMILES string of the molecule is Cc1cc(C)n2c(CNS(C)(=O)=O)nnc2n1. The Kier molecular flexibility index (Phi) is 2.84. The maximum atomic E-state index is 11.0. The molecule has 0 atom stereocenters. The molecule has 2 aromatic rings. The number of sulfonamides is 1. The molecule has 0 saturated carbocycles. The van der Waals surface area contributed by atoms with E-state index in [-0.39, 0.29) is 6.54 Å². The zero-order chi connectivity index (χ0) is 12.6. The predicted molar refractivity (Wildman–Crippen MR) is 61.9 cm³/mol. The van der Waals surface area contributed by atoms with Crippen LogP contribution in [0, 0.1) is 13.8 Å². The molecule has 0 aliphatic rings. The summed E-state index contributed by atoms with van der Waals surface area (Å²) in [6.07, 6.45) is 1.10. The third kappa shape index (κ3) is 2.59. The zero-order valence-corrected chi connectivity index (χ0v) is 10.6. The summed E-state index contributed by atoms with van der Waals surface area (Å²) in [5.41, 5.74) is 1.77. The lowest BCUT2D eigenvalue weighted by Crippen LogP contribution is -2.22. The predicted octanol–water partition coefficient (Wildman–Crippen LogP) is -0.210. The first-order chi connectivity index (χ1) is 7.87. The van der Waals surface area contributed by atoms with Crippen LogP contribution in [0.3, 0.4) is 0 Å². The minimum absolute atomic E-state index is 0.103. The fourth-order valence-electron chi connectivity index (χ4n) is 1.61. The van der Waals surface area contributed by atoms with E-state index in [0.717, 1.165) is 17.6 Å². The van der Waals surface area contributed by atoms with E-state index in [2.05, 4.69) is 19.9 Å². The molecular formula is C9H13N5O2S. The van der Waals surface area contributed by atoms with Gasteiger partial charge in [0.2, 0.25) is 10.0 Å². The van der Waals surface area contributed by atoms with Gasteiger partial charge in [-0.15, -0.1) is 10.2 Å². The van der Waals surface area contributed by atoms with Crippen LogP contribution in [0.5, 0.6) is 0 Å². The lowest BCUT2D eigenvalue weighted by Gasteiger charge is -2.04. The van der Waals surface area contributed by atoms with Crippen LogP contribution in [-0.2, 0) is 16.6 Å². The summed E-state index contributed by atoms with van der Waals surface area (Å²) in [5, 5.41) is 7.83.